The summed E-state index contributed by atoms with van der Waals surface area (Å²) in [5.74, 6) is 1.36. The van der Waals surface area contributed by atoms with Gasteiger partial charge >= 0.3 is 0 Å². The number of nitrogens with zero attached hydrogens (tertiary/aromatic N) is 2. The van der Waals surface area contributed by atoms with Crippen LogP contribution in [0.4, 0.5) is 0 Å². The smallest absolute Gasteiger partial charge is 0.260 e. The summed E-state index contributed by atoms with van der Waals surface area (Å²) in [5.41, 5.74) is 1.18. The van der Waals surface area contributed by atoms with E-state index >= 15 is 0 Å². The third kappa shape index (κ3) is 3.90. The van der Waals surface area contributed by atoms with E-state index in [4.69, 9.17) is 9.47 Å². The molecule has 5 nitrogen and oxygen atoms in total. The Bertz CT molecular complexity index is 551. The molecule has 2 heterocycles. The molecule has 1 atom stereocenters. The first kappa shape index (κ1) is 17.2. The molecule has 0 aromatic heterocycles. The van der Waals surface area contributed by atoms with Gasteiger partial charge in [-0.1, -0.05) is 32.0 Å². The van der Waals surface area contributed by atoms with Crippen LogP contribution in [0.15, 0.2) is 24.3 Å². The molecule has 24 heavy (non-hydrogen) atoms. The van der Waals surface area contributed by atoms with Gasteiger partial charge in [-0.2, -0.15) is 0 Å². The minimum absolute atomic E-state index is 0.0819. The zero-order chi connectivity index (χ0) is 16.9. The van der Waals surface area contributed by atoms with Crippen LogP contribution in [0, 0.1) is 0 Å². The molecule has 2 fully saturated rings. The number of benzene rings is 1. The Morgan fingerprint density at radius 1 is 1.29 bits per heavy atom. The molecule has 2 aliphatic heterocycles. The molecule has 2 saturated heterocycles. The molecule has 1 amide bonds. The zero-order valence-corrected chi connectivity index (χ0v) is 14.7. The van der Waals surface area contributed by atoms with Crippen molar-refractivity contribution in [3.8, 4) is 5.75 Å². The molecule has 5 heteroatoms. The van der Waals surface area contributed by atoms with E-state index in [1.807, 2.05) is 23.1 Å². The standard InChI is InChI=1S/C19H28N2O3/c1-3-15(2)17-6-4-5-7-18(17)24-14-19(22)21-12-16(13-21)20-8-10-23-11-9-20/h4-7,15-16H,3,8-14H2,1-2H3. The van der Waals surface area contributed by atoms with Crippen molar-refractivity contribution in [3.05, 3.63) is 29.8 Å². The number of hydrogen-bond donors (Lipinski definition) is 0. The molecule has 0 aliphatic carbocycles. The molecule has 1 unspecified atom stereocenters. The van der Waals surface area contributed by atoms with E-state index in [0.29, 0.717) is 12.0 Å². The molecule has 2 aliphatic rings. The third-order valence-electron chi connectivity index (χ3n) is 5.19. The van der Waals surface area contributed by atoms with Crippen molar-refractivity contribution in [2.45, 2.75) is 32.2 Å². The lowest BCUT2D eigenvalue weighted by atomic mass is 9.98. The number of rotatable bonds is 6. The van der Waals surface area contributed by atoms with E-state index in [1.165, 1.54) is 5.56 Å². The maximum Gasteiger partial charge on any atom is 0.260 e. The van der Waals surface area contributed by atoms with Gasteiger partial charge in [0.2, 0.25) is 0 Å². The van der Waals surface area contributed by atoms with Gasteiger partial charge in [-0.15, -0.1) is 0 Å². The van der Waals surface area contributed by atoms with Crippen molar-refractivity contribution in [1.29, 1.82) is 0 Å². The van der Waals surface area contributed by atoms with Crippen LogP contribution in [0.5, 0.6) is 5.75 Å². The van der Waals surface area contributed by atoms with Gasteiger partial charge in [-0.05, 0) is 24.0 Å². The lowest BCUT2D eigenvalue weighted by molar-refractivity contribution is -0.142. The molecular weight excluding hydrogens is 304 g/mol. The molecule has 132 valence electrons. The number of amides is 1. The van der Waals surface area contributed by atoms with Gasteiger partial charge in [-0.25, -0.2) is 0 Å². The topological polar surface area (TPSA) is 42.0 Å². The van der Waals surface area contributed by atoms with E-state index in [0.717, 1.165) is 51.6 Å². The highest BCUT2D eigenvalue weighted by molar-refractivity contribution is 5.78. The number of likely N-dealkylation sites (tertiary alicyclic amines) is 1. The summed E-state index contributed by atoms with van der Waals surface area (Å²) in [5, 5.41) is 0. The predicted octanol–water partition coefficient (Wildman–Crippen LogP) is 2.12. The number of morpholine rings is 1. The van der Waals surface area contributed by atoms with Gasteiger partial charge in [0.05, 0.1) is 13.2 Å². The van der Waals surface area contributed by atoms with Gasteiger partial charge in [0.1, 0.15) is 5.75 Å². The lowest BCUT2D eigenvalue weighted by Crippen LogP contribution is -2.63. The fourth-order valence-corrected chi connectivity index (χ4v) is 3.30. The molecule has 0 bridgehead atoms. The lowest BCUT2D eigenvalue weighted by Gasteiger charge is -2.46. The first-order valence-electron chi connectivity index (χ1n) is 9.00. The second-order valence-corrected chi connectivity index (χ2v) is 6.74. The first-order valence-corrected chi connectivity index (χ1v) is 9.00. The van der Waals surface area contributed by atoms with Crippen LogP contribution < -0.4 is 4.74 Å². The summed E-state index contributed by atoms with van der Waals surface area (Å²) in [4.78, 5) is 16.7. The molecule has 1 aromatic rings. The minimum Gasteiger partial charge on any atom is -0.483 e. The van der Waals surface area contributed by atoms with Crippen molar-refractivity contribution >= 4 is 5.91 Å². The Labute approximate surface area is 144 Å². The molecule has 0 saturated carbocycles. The zero-order valence-electron chi connectivity index (χ0n) is 14.7. The van der Waals surface area contributed by atoms with Crippen molar-refractivity contribution in [1.82, 2.24) is 9.80 Å². The highest BCUT2D eigenvalue weighted by atomic mass is 16.5. The Morgan fingerprint density at radius 3 is 2.71 bits per heavy atom. The molecular formula is C19H28N2O3. The van der Waals surface area contributed by atoms with E-state index in [-0.39, 0.29) is 12.5 Å². The molecule has 3 rings (SSSR count). The first-order chi connectivity index (χ1) is 11.7. The van der Waals surface area contributed by atoms with Crippen molar-refractivity contribution in [3.63, 3.8) is 0 Å². The van der Waals surface area contributed by atoms with Crippen LogP contribution in [0.1, 0.15) is 31.7 Å². The quantitative estimate of drug-likeness (QED) is 0.800. The monoisotopic (exact) mass is 332 g/mol. The van der Waals surface area contributed by atoms with Gasteiger partial charge < -0.3 is 14.4 Å². The second kappa shape index (κ2) is 7.99. The Kier molecular flexibility index (Phi) is 5.74. The third-order valence-corrected chi connectivity index (χ3v) is 5.19. The number of carbonyl (C=O) groups excluding carboxylic acids is 1. The van der Waals surface area contributed by atoms with Crippen LogP contribution in [-0.4, -0.2) is 67.7 Å². The van der Waals surface area contributed by atoms with E-state index in [1.54, 1.807) is 0 Å². The predicted molar refractivity (Wildman–Crippen MR) is 93.4 cm³/mol. The van der Waals surface area contributed by atoms with Gasteiger partial charge in [0.25, 0.3) is 5.91 Å². The highest BCUT2D eigenvalue weighted by Crippen LogP contribution is 2.28. The summed E-state index contributed by atoms with van der Waals surface area (Å²) in [7, 11) is 0. The van der Waals surface area contributed by atoms with Crippen LogP contribution in [-0.2, 0) is 9.53 Å². The SMILES string of the molecule is CCC(C)c1ccccc1OCC(=O)N1CC(N2CCOCC2)C1. The van der Waals surface area contributed by atoms with Gasteiger partial charge in [0.15, 0.2) is 6.61 Å². The van der Waals surface area contributed by atoms with Crippen molar-refractivity contribution < 1.29 is 14.3 Å². The highest BCUT2D eigenvalue weighted by Gasteiger charge is 2.35. The van der Waals surface area contributed by atoms with Crippen LogP contribution in [0.2, 0.25) is 0 Å². The summed E-state index contributed by atoms with van der Waals surface area (Å²) in [6.45, 7) is 9.68. The van der Waals surface area contributed by atoms with E-state index in [2.05, 4.69) is 24.8 Å². The van der Waals surface area contributed by atoms with Gasteiger partial charge in [-0.3, -0.25) is 9.69 Å². The maximum absolute atomic E-state index is 12.3. The van der Waals surface area contributed by atoms with Crippen molar-refractivity contribution in [2.24, 2.45) is 0 Å². The van der Waals surface area contributed by atoms with E-state index < -0.39 is 0 Å². The molecule has 0 spiro atoms. The average Bonchev–Trinajstić information content (AvgIpc) is 2.59. The Morgan fingerprint density at radius 2 is 2.00 bits per heavy atom. The number of carbonyl (C=O) groups is 1. The normalized spacial score (nSPS) is 20.5. The van der Waals surface area contributed by atoms with Crippen molar-refractivity contribution in [2.75, 3.05) is 46.0 Å². The number of ether oxygens (including phenoxy) is 2. The van der Waals surface area contributed by atoms with Gasteiger partial charge in [0, 0.05) is 32.2 Å². The molecule has 0 N–H and O–H groups in total. The minimum atomic E-state index is 0.0819. The fraction of sp³-hybridized carbons (Fsp3) is 0.632. The number of para-hydroxylation sites is 1. The fourth-order valence-electron chi connectivity index (χ4n) is 3.30. The number of hydrogen-bond acceptors (Lipinski definition) is 4. The second-order valence-electron chi connectivity index (χ2n) is 6.74. The summed E-state index contributed by atoms with van der Waals surface area (Å²) in [6, 6.07) is 8.53. The van der Waals surface area contributed by atoms with Crippen LogP contribution in [0.25, 0.3) is 0 Å². The largest absolute Gasteiger partial charge is 0.483 e. The summed E-state index contributed by atoms with van der Waals surface area (Å²) >= 11 is 0. The van der Waals surface area contributed by atoms with Crippen LogP contribution >= 0.6 is 0 Å². The molecule has 0 radical (unpaired) electrons. The average molecular weight is 332 g/mol. The summed E-state index contributed by atoms with van der Waals surface area (Å²) < 4.78 is 11.2. The Hall–Kier alpha value is -1.59. The molecule has 1 aromatic carbocycles. The van der Waals surface area contributed by atoms with Crippen LogP contribution in [0.3, 0.4) is 0 Å². The summed E-state index contributed by atoms with van der Waals surface area (Å²) in [6.07, 6.45) is 1.06. The Balaban J connectivity index is 1.47. The maximum atomic E-state index is 12.3. The van der Waals surface area contributed by atoms with E-state index in [9.17, 15) is 4.79 Å².